The lowest BCUT2D eigenvalue weighted by atomic mass is 9.94. The van der Waals surface area contributed by atoms with Gasteiger partial charge in [-0.3, -0.25) is 0 Å². The number of fused-ring (bicyclic) bond motifs is 1. The molecule has 1 aliphatic rings. The number of aliphatic hydroxyl groups is 1. The van der Waals surface area contributed by atoms with Crippen molar-refractivity contribution < 1.29 is 28.2 Å². The van der Waals surface area contributed by atoms with Crippen LogP contribution in [0.4, 0.5) is 8.78 Å². The molecule has 1 atom stereocenters. The molecule has 0 bridgehead atoms. The van der Waals surface area contributed by atoms with Crippen LogP contribution >= 0.6 is 0 Å². The molecule has 3 rings (SSSR count). The van der Waals surface area contributed by atoms with Gasteiger partial charge in [0.2, 0.25) is 5.88 Å². The van der Waals surface area contributed by atoms with Gasteiger partial charge in [0.25, 0.3) is 0 Å². The maximum Gasteiger partial charge on any atom is 0.357 e. The summed E-state index contributed by atoms with van der Waals surface area (Å²) in [5.74, 6) is -1.93. The Morgan fingerprint density at radius 2 is 2.16 bits per heavy atom. The van der Waals surface area contributed by atoms with Gasteiger partial charge in [-0.05, 0) is 43.5 Å². The van der Waals surface area contributed by atoms with Gasteiger partial charge >= 0.3 is 5.97 Å². The second kappa shape index (κ2) is 7.14. The predicted octanol–water partition coefficient (Wildman–Crippen LogP) is 2.89. The molecule has 0 saturated carbocycles. The number of ether oxygens (including phenoxy) is 2. The number of aromatic nitrogens is 1. The Balaban J connectivity index is 2.15. The highest BCUT2D eigenvalue weighted by Gasteiger charge is 2.27. The normalized spacial score (nSPS) is 16.1. The number of hydrogen-bond donors (Lipinski definition) is 1. The van der Waals surface area contributed by atoms with Crippen LogP contribution in [0, 0.1) is 11.6 Å². The molecule has 1 aromatic heterocycles. The summed E-state index contributed by atoms with van der Waals surface area (Å²) in [6.07, 6.45) is 0.575. The van der Waals surface area contributed by atoms with Crippen molar-refractivity contribution >= 4 is 5.97 Å². The number of carbonyl (C=O) groups excluding carboxylic acids is 1. The quantitative estimate of drug-likeness (QED) is 0.860. The number of benzene rings is 1. The van der Waals surface area contributed by atoms with Gasteiger partial charge in [-0.1, -0.05) is 0 Å². The molecule has 7 heteroatoms. The van der Waals surface area contributed by atoms with E-state index in [1.54, 1.807) is 6.92 Å². The van der Waals surface area contributed by atoms with Crippen LogP contribution in [0.3, 0.4) is 0 Å². The van der Waals surface area contributed by atoms with Crippen molar-refractivity contribution in [3.63, 3.8) is 0 Å². The first kappa shape index (κ1) is 17.3. The largest absolute Gasteiger partial charge is 0.472 e. The molecule has 0 aliphatic carbocycles. The molecule has 25 heavy (non-hydrogen) atoms. The molecular formula is C18H17F2NO4. The monoisotopic (exact) mass is 349 g/mol. The van der Waals surface area contributed by atoms with Gasteiger partial charge in [0, 0.05) is 17.2 Å². The van der Waals surface area contributed by atoms with E-state index in [0.29, 0.717) is 24.0 Å². The standard InChI is InChI=1S/C18H17F2NO4/c1-2-24-18(23)16-8-14(12-5-3-10(19)7-15(12)20)13-6-4-11(9-22)25-17(13)21-16/h3,5,7-8,11,22H,2,4,6,9H2,1H3. The summed E-state index contributed by atoms with van der Waals surface area (Å²) < 4.78 is 38.1. The van der Waals surface area contributed by atoms with Crippen LogP contribution in [0.5, 0.6) is 5.88 Å². The minimum absolute atomic E-state index is 0.0297. The van der Waals surface area contributed by atoms with E-state index in [4.69, 9.17) is 9.47 Å². The Hall–Kier alpha value is -2.54. The highest BCUT2D eigenvalue weighted by molar-refractivity contribution is 5.90. The predicted molar refractivity (Wildman–Crippen MR) is 85.4 cm³/mol. The van der Waals surface area contributed by atoms with Crippen molar-refractivity contribution in [2.75, 3.05) is 13.2 Å². The number of pyridine rings is 1. The lowest BCUT2D eigenvalue weighted by Crippen LogP contribution is -2.27. The smallest absolute Gasteiger partial charge is 0.357 e. The van der Waals surface area contributed by atoms with Crippen LogP contribution < -0.4 is 4.74 Å². The van der Waals surface area contributed by atoms with Gasteiger partial charge in [-0.25, -0.2) is 18.6 Å². The first-order valence-corrected chi connectivity index (χ1v) is 7.97. The molecule has 132 valence electrons. The Morgan fingerprint density at radius 3 is 2.84 bits per heavy atom. The van der Waals surface area contributed by atoms with E-state index < -0.39 is 23.7 Å². The first-order chi connectivity index (χ1) is 12.0. The lowest BCUT2D eigenvalue weighted by molar-refractivity contribution is 0.0514. The summed E-state index contributed by atoms with van der Waals surface area (Å²) in [5.41, 5.74) is 1.14. The molecule has 0 spiro atoms. The molecular weight excluding hydrogens is 332 g/mol. The minimum atomic E-state index is -0.743. The molecule has 1 aromatic carbocycles. The Kier molecular flexibility index (Phi) is 4.94. The summed E-state index contributed by atoms with van der Waals surface area (Å²) in [5, 5.41) is 9.29. The number of nitrogens with zero attached hydrogens (tertiary/aromatic N) is 1. The van der Waals surface area contributed by atoms with E-state index >= 15 is 0 Å². The fourth-order valence-corrected chi connectivity index (χ4v) is 2.80. The van der Waals surface area contributed by atoms with Gasteiger partial charge in [0.05, 0.1) is 13.2 Å². The second-order valence-corrected chi connectivity index (χ2v) is 5.64. The zero-order valence-electron chi connectivity index (χ0n) is 13.6. The Morgan fingerprint density at radius 1 is 1.36 bits per heavy atom. The highest BCUT2D eigenvalue weighted by Crippen LogP contribution is 2.36. The molecule has 0 saturated heterocycles. The van der Waals surface area contributed by atoms with Crippen molar-refractivity contribution in [2.24, 2.45) is 0 Å². The van der Waals surface area contributed by atoms with Crippen molar-refractivity contribution in [3.8, 4) is 17.0 Å². The van der Waals surface area contributed by atoms with Crippen LogP contribution in [-0.4, -0.2) is 35.4 Å². The van der Waals surface area contributed by atoms with Crippen LogP contribution in [0.2, 0.25) is 0 Å². The molecule has 2 heterocycles. The van der Waals surface area contributed by atoms with Gasteiger partial charge in [-0.2, -0.15) is 0 Å². The molecule has 1 unspecified atom stereocenters. The van der Waals surface area contributed by atoms with Crippen molar-refractivity contribution in [1.29, 1.82) is 0 Å². The maximum atomic E-state index is 14.3. The van der Waals surface area contributed by atoms with Crippen molar-refractivity contribution in [2.45, 2.75) is 25.9 Å². The summed E-state index contributed by atoms with van der Waals surface area (Å²) in [6, 6.07) is 4.67. The van der Waals surface area contributed by atoms with E-state index in [1.165, 1.54) is 12.1 Å². The zero-order chi connectivity index (χ0) is 18.0. The number of esters is 1. The third-order valence-corrected chi connectivity index (χ3v) is 3.99. The summed E-state index contributed by atoms with van der Waals surface area (Å²) in [4.78, 5) is 16.2. The fourth-order valence-electron chi connectivity index (χ4n) is 2.80. The van der Waals surface area contributed by atoms with Crippen LogP contribution in [0.1, 0.15) is 29.4 Å². The van der Waals surface area contributed by atoms with E-state index in [0.717, 1.165) is 12.1 Å². The number of halogens is 2. The lowest BCUT2D eigenvalue weighted by Gasteiger charge is -2.26. The van der Waals surface area contributed by atoms with E-state index in [2.05, 4.69) is 4.98 Å². The minimum Gasteiger partial charge on any atom is -0.472 e. The third kappa shape index (κ3) is 3.46. The number of aliphatic hydroxyl groups excluding tert-OH is 1. The van der Waals surface area contributed by atoms with Crippen molar-refractivity contribution in [3.05, 3.63) is 47.2 Å². The molecule has 0 fully saturated rings. The molecule has 2 aromatic rings. The molecule has 0 amide bonds. The molecule has 5 nitrogen and oxygen atoms in total. The zero-order valence-corrected chi connectivity index (χ0v) is 13.6. The van der Waals surface area contributed by atoms with Gasteiger partial charge in [-0.15, -0.1) is 0 Å². The number of rotatable bonds is 4. The highest BCUT2D eigenvalue weighted by atomic mass is 19.1. The summed E-state index contributed by atoms with van der Waals surface area (Å²) in [6.45, 7) is 1.64. The second-order valence-electron chi connectivity index (χ2n) is 5.64. The topological polar surface area (TPSA) is 68.7 Å². The Bertz CT molecular complexity index is 810. The van der Waals surface area contributed by atoms with Gasteiger partial charge in [0.1, 0.15) is 17.7 Å². The van der Waals surface area contributed by atoms with E-state index in [1.807, 2.05) is 0 Å². The third-order valence-electron chi connectivity index (χ3n) is 3.99. The number of hydrogen-bond acceptors (Lipinski definition) is 5. The SMILES string of the molecule is CCOC(=O)c1cc(-c2ccc(F)cc2F)c2c(n1)OC(CO)CC2. The summed E-state index contributed by atoms with van der Waals surface area (Å²) >= 11 is 0. The van der Waals surface area contributed by atoms with Crippen LogP contribution in [0.15, 0.2) is 24.3 Å². The van der Waals surface area contributed by atoms with Crippen LogP contribution in [0.25, 0.3) is 11.1 Å². The first-order valence-electron chi connectivity index (χ1n) is 7.97. The average Bonchev–Trinajstić information content (AvgIpc) is 2.60. The van der Waals surface area contributed by atoms with Gasteiger partial charge < -0.3 is 14.6 Å². The van der Waals surface area contributed by atoms with E-state index in [9.17, 15) is 18.7 Å². The van der Waals surface area contributed by atoms with Gasteiger partial charge in [0.15, 0.2) is 5.69 Å². The fraction of sp³-hybridized carbons (Fsp3) is 0.333. The Labute approximate surface area is 143 Å². The van der Waals surface area contributed by atoms with Crippen molar-refractivity contribution in [1.82, 2.24) is 4.98 Å². The average molecular weight is 349 g/mol. The molecule has 1 N–H and O–H groups in total. The van der Waals surface area contributed by atoms with Crippen LogP contribution in [-0.2, 0) is 11.2 Å². The summed E-state index contributed by atoms with van der Waals surface area (Å²) in [7, 11) is 0. The molecule has 0 radical (unpaired) electrons. The maximum absolute atomic E-state index is 14.3. The number of carbonyl (C=O) groups is 1. The molecule has 1 aliphatic heterocycles. The van der Waals surface area contributed by atoms with E-state index in [-0.39, 0.29) is 30.4 Å².